The van der Waals surface area contributed by atoms with Gasteiger partial charge in [-0.3, -0.25) is 0 Å². The lowest BCUT2D eigenvalue weighted by Crippen LogP contribution is -2.27. The van der Waals surface area contributed by atoms with Crippen molar-refractivity contribution in [2.45, 2.75) is 44.4 Å². The monoisotopic (exact) mass is 254 g/mol. The van der Waals surface area contributed by atoms with E-state index in [2.05, 4.69) is 16.9 Å². The zero-order valence-corrected chi connectivity index (χ0v) is 11.2. The largest absolute Gasteiger partial charge is 0.481 e. The van der Waals surface area contributed by atoms with Crippen molar-refractivity contribution in [3.63, 3.8) is 0 Å². The molecule has 1 aliphatic carbocycles. The molecule has 1 unspecified atom stereocenters. The first kappa shape index (κ1) is 12.6. The lowest BCUT2D eigenvalue weighted by molar-refractivity contribution is 0.314. The van der Waals surface area contributed by atoms with Gasteiger partial charge in [0.1, 0.15) is 6.33 Å². The van der Waals surface area contributed by atoms with E-state index in [9.17, 15) is 0 Å². The molecule has 1 atom stereocenters. The second-order valence-corrected chi connectivity index (χ2v) is 5.61. The van der Waals surface area contributed by atoms with E-state index in [1.54, 1.807) is 7.11 Å². The van der Waals surface area contributed by atoms with Gasteiger partial charge < -0.3 is 4.74 Å². The van der Waals surface area contributed by atoms with Crippen molar-refractivity contribution in [1.29, 1.82) is 0 Å². The molecule has 0 bridgehead atoms. The highest BCUT2D eigenvalue weighted by atomic mass is 35.5. The molecule has 0 spiro atoms. The van der Waals surface area contributed by atoms with Crippen molar-refractivity contribution >= 4 is 11.6 Å². The molecule has 1 fully saturated rings. The van der Waals surface area contributed by atoms with Gasteiger partial charge in [0.05, 0.1) is 7.11 Å². The molecule has 4 heteroatoms. The number of rotatable bonds is 4. The topological polar surface area (TPSA) is 35.0 Å². The quantitative estimate of drug-likeness (QED) is 0.774. The van der Waals surface area contributed by atoms with Crippen LogP contribution in [-0.4, -0.2) is 22.5 Å². The molecule has 0 saturated heterocycles. The maximum Gasteiger partial charge on any atom is 0.216 e. The van der Waals surface area contributed by atoms with Crippen LogP contribution in [0.15, 0.2) is 12.4 Å². The fraction of sp³-hybridized carbons (Fsp3) is 0.692. The van der Waals surface area contributed by atoms with Gasteiger partial charge in [-0.2, -0.15) is 0 Å². The van der Waals surface area contributed by atoms with Crippen molar-refractivity contribution < 1.29 is 4.74 Å². The molecule has 1 aromatic heterocycles. The van der Waals surface area contributed by atoms with Gasteiger partial charge >= 0.3 is 0 Å². The van der Waals surface area contributed by atoms with Gasteiger partial charge in [-0.25, -0.2) is 9.97 Å². The molecule has 0 N–H and O–H groups in total. The Morgan fingerprint density at radius 1 is 1.41 bits per heavy atom. The van der Waals surface area contributed by atoms with Gasteiger partial charge in [0.2, 0.25) is 5.88 Å². The number of hydrogen-bond acceptors (Lipinski definition) is 3. The molecule has 0 amide bonds. The summed E-state index contributed by atoms with van der Waals surface area (Å²) in [4.78, 5) is 8.26. The summed E-state index contributed by atoms with van der Waals surface area (Å²) in [5.41, 5.74) is 1.23. The van der Waals surface area contributed by atoms with Crippen LogP contribution in [0, 0.1) is 5.41 Å². The Kier molecular flexibility index (Phi) is 3.87. The summed E-state index contributed by atoms with van der Waals surface area (Å²) in [6.07, 6.45) is 7.37. The summed E-state index contributed by atoms with van der Waals surface area (Å²) in [5, 5.41) is 0.143. The predicted octanol–water partition coefficient (Wildman–Crippen LogP) is 3.22. The van der Waals surface area contributed by atoms with Gasteiger partial charge in [-0.1, -0.05) is 19.8 Å². The summed E-state index contributed by atoms with van der Waals surface area (Å²) in [5.74, 6) is 0.607. The minimum atomic E-state index is 0.143. The average Bonchev–Trinajstić information content (AvgIpc) is 2.78. The predicted molar refractivity (Wildman–Crippen MR) is 68.5 cm³/mol. The van der Waals surface area contributed by atoms with Crippen LogP contribution in [0.25, 0.3) is 0 Å². The van der Waals surface area contributed by atoms with E-state index in [1.807, 2.05) is 6.07 Å². The summed E-state index contributed by atoms with van der Waals surface area (Å²) in [6.45, 7) is 2.29. The van der Waals surface area contributed by atoms with Crippen LogP contribution >= 0.6 is 11.6 Å². The van der Waals surface area contributed by atoms with Gasteiger partial charge in [0, 0.05) is 23.6 Å². The van der Waals surface area contributed by atoms with Gasteiger partial charge in [0.15, 0.2) is 0 Å². The zero-order valence-electron chi connectivity index (χ0n) is 10.4. The molecule has 1 aliphatic rings. The van der Waals surface area contributed by atoms with Crippen molar-refractivity contribution in [1.82, 2.24) is 9.97 Å². The number of ether oxygens (including phenoxy) is 1. The molecule has 3 nitrogen and oxygen atoms in total. The van der Waals surface area contributed by atoms with Crippen LogP contribution in [0.1, 0.15) is 38.3 Å². The molecule has 94 valence electrons. The van der Waals surface area contributed by atoms with Crippen molar-refractivity contribution in [2.75, 3.05) is 7.11 Å². The van der Waals surface area contributed by atoms with E-state index in [0.29, 0.717) is 5.88 Å². The number of methoxy groups -OCH3 is 1. The number of alkyl halides is 1. The lowest BCUT2D eigenvalue weighted by Gasteiger charge is -2.29. The maximum absolute atomic E-state index is 6.56. The van der Waals surface area contributed by atoms with Crippen molar-refractivity contribution in [2.24, 2.45) is 5.41 Å². The van der Waals surface area contributed by atoms with Crippen LogP contribution < -0.4 is 4.74 Å². The minimum absolute atomic E-state index is 0.143. The summed E-state index contributed by atoms with van der Waals surface area (Å²) in [7, 11) is 1.61. The van der Waals surface area contributed by atoms with Gasteiger partial charge in [-0.05, 0) is 18.3 Å². The second-order valence-electron chi connectivity index (χ2n) is 5.08. The van der Waals surface area contributed by atoms with E-state index in [-0.39, 0.29) is 10.8 Å². The van der Waals surface area contributed by atoms with Crippen LogP contribution in [0.4, 0.5) is 0 Å². The Balaban J connectivity index is 2.04. The summed E-state index contributed by atoms with van der Waals surface area (Å²) in [6, 6.07) is 1.87. The fourth-order valence-corrected chi connectivity index (χ4v) is 2.90. The first-order chi connectivity index (χ1) is 8.14. The SMILES string of the molecule is COc1cc(CC(Cl)C2(C)CCCC2)ncn1. The second kappa shape index (κ2) is 5.21. The molecule has 0 radical (unpaired) electrons. The number of hydrogen-bond donors (Lipinski definition) is 0. The highest BCUT2D eigenvalue weighted by molar-refractivity contribution is 6.21. The highest BCUT2D eigenvalue weighted by Gasteiger charge is 2.35. The standard InChI is InChI=1S/C13H19ClN2O/c1-13(5-3-4-6-13)11(14)7-10-8-12(17-2)16-9-15-10/h8-9,11H,3-7H2,1-2H3. The third-order valence-electron chi connectivity index (χ3n) is 3.80. The number of halogens is 1. The van der Waals surface area contributed by atoms with E-state index in [4.69, 9.17) is 16.3 Å². The van der Waals surface area contributed by atoms with E-state index >= 15 is 0 Å². The maximum atomic E-state index is 6.56. The van der Waals surface area contributed by atoms with E-state index in [0.717, 1.165) is 12.1 Å². The minimum Gasteiger partial charge on any atom is -0.481 e. The van der Waals surface area contributed by atoms with Crippen LogP contribution in [0.2, 0.25) is 0 Å². The molecule has 1 aromatic rings. The van der Waals surface area contributed by atoms with Crippen molar-refractivity contribution in [3.8, 4) is 5.88 Å². The Morgan fingerprint density at radius 2 is 2.12 bits per heavy atom. The molecule has 17 heavy (non-hydrogen) atoms. The van der Waals surface area contributed by atoms with Crippen molar-refractivity contribution in [3.05, 3.63) is 18.1 Å². The molecule has 1 heterocycles. The Hall–Kier alpha value is -0.830. The molecule has 0 aromatic carbocycles. The molecule has 2 rings (SSSR count). The van der Waals surface area contributed by atoms with Crippen LogP contribution in [0.5, 0.6) is 5.88 Å². The highest BCUT2D eigenvalue weighted by Crippen LogP contribution is 2.43. The third-order valence-corrected chi connectivity index (χ3v) is 4.48. The Labute approximate surface area is 108 Å². The van der Waals surface area contributed by atoms with Crippen LogP contribution in [-0.2, 0) is 6.42 Å². The van der Waals surface area contributed by atoms with Crippen LogP contribution in [0.3, 0.4) is 0 Å². The average molecular weight is 255 g/mol. The zero-order chi connectivity index (χ0) is 12.3. The smallest absolute Gasteiger partial charge is 0.216 e. The Bertz CT molecular complexity index is 377. The molecular weight excluding hydrogens is 236 g/mol. The first-order valence-electron chi connectivity index (χ1n) is 6.13. The normalized spacial score (nSPS) is 20.2. The molecule has 1 saturated carbocycles. The Morgan fingerprint density at radius 3 is 2.76 bits per heavy atom. The number of aromatic nitrogens is 2. The first-order valence-corrected chi connectivity index (χ1v) is 6.57. The van der Waals surface area contributed by atoms with Gasteiger partial charge in [0.25, 0.3) is 0 Å². The van der Waals surface area contributed by atoms with E-state index in [1.165, 1.54) is 32.0 Å². The molecular formula is C13H19ClN2O. The fourth-order valence-electron chi connectivity index (χ4n) is 2.53. The summed E-state index contributed by atoms with van der Waals surface area (Å²) >= 11 is 6.56. The number of nitrogens with zero attached hydrogens (tertiary/aromatic N) is 2. The third kappa shape index (κ3) is 2.89. The lowest BCUT2D eigenvalue weighted by atomic mass is 9.83. The van der Waals surface area contributed by atoms with E-state index < -0.39 is 0 Å². The summed E-state index contributed by atoms with van der Waals surface area (Å²) < 4.78 is 5.09. The molecule has 0 aliphatic heterocycles. The van der Waals surface area contributed by atoms with Gasteiger partial charge in [-0.15, -0.1) is 11.6 Å².